The van der Waals surface area contributed by atoms with Gasteiger partial charge in [-0.3, -0.25) is 9.69 Å². The molecule has 98 valence electrons. The molecule has 1 saturated carbocycles. The number of nitrogens with zero attached hydrogens (tertiary/aromatic N) is 1. The van der Waals surface area contributed by atoms with E-state index >= 15 is 0 Å². The van der Waals surface area contributed by atoms with Crippen LogP contribution in [0.4, 0.5) is 0 Å². The fourth-order valence-corrected chi connectivity index (χ4v) is 2.46. The van der Waals surface area contributed by atoms with E-state index in [0.29, 0.717) is 13.2 Å². The van der Waals surface area contributed by atoms with Gasteiger partial charge in [-0.05, 0) is 26.3 Å². The second kappa shape index (κ2) is 5.80. The van der Waals surface area contributed by atoms with Gasteiger partial charge in [0.2, 0.25) is 0 Å². The summed E-state index contributed by atoms with van der Waals surface area (Å²) in [5, 5.41) is 0. The number of rotatable bonds is 3. The Morgan fingerprint density at radius 3 is 2.82 bits per heavy atom. The largest absolute Gasteiger partial charge is 0.458 e. The predicted molar refractivity (Wildman–Crippen MR) is 61.8 cm³/mol. The van der Waals surface area contributed by atoms with Crippen LogP contribution >= 0.6 is 0 Å². The van der Waals surface area contributed by atoms with Crippen molar-refractivity contribution in [3.05, 3.63) is 0 Å². The first-order valence-electron chi connectivity index (χ1n) is 6.23. The van der Waals surface area contributed by atoms with Gasteiger partial charge in [-0.2, -0.15) is 0 Å². The summed E-state index contributed by atoms with van der Waals surface area (Å²) in [5.41, 5.74) is 0. The van der Waals surface area contributed by atoms with Crippen LogP contribution < -0.4 is 0 Å². The lowest BCUT2D eigenvalue weighted by Gasteiger charge is -2.31. The van der Waals surface area contributed by atoms with Gasteiger partial charge in [0.15, 0.2) is 0 Å². The lowest BCUT2D eigenvalue weighted by atomic mass is 10.2. The number of ether oxygens (including phenoxy) is 3. The number of carbonyl (C=O) groups is 1. The van der Waals surface area contributed by atoms with E-state index in [1.807, 2.05) is 11.9 Å². The van der Waals surface area contributed by atoms with Gasteiger partial charge < -0.3 is 14.2 Å². The molecule has 0 N–H and O–H groups in total. The van der Waals surface area contributed by atoms with Crippen LogP contribution in [-0.4, -0.2) is 63.0 Å². The molecular formula is C12H21NO4. The number of hydrogen-bond donors (Lipinski definition) is 0. The molecule has 0 amide bonds. The van der Waals surface area contributed by atoms with Crippen molar-refractivity contribution < 1.29 is 19.0 Å². The highest BCUT2D eigenvalue weighted by atomic mass is 16.6. The summed E-state index contributed by atoms with van der Waals surface area (Å²) in [4.78, 5) is 14.0. The van der Waals surface area contributed by atoms with Crippen molar-refractivity contribution in [3.8, 4) is 0 Å². The molecule has 1 aliphatic heterocycles. The van der Waals surface area contributed by atoms with Crippen molar-refractivity contribution in [2.75, 3.05) is 33.9 Å². The minimum atomic E-state index is -0.262. The quantitative estimate of drug-likeness (QED) is 0.673. The second-order valence-electron chi connectivity index (χ2n) is 4.75. The van der Waals surface area contributed by atoms with Gasteiger partial charge in [0.25, 0.3) is 0 Å². The van der Waals surface area contributed by atoms with Crippen molar-refractivity contribution in [2.24, 2.45) is 0 Å². The molecule has 2 fully saturated rings. The first-order chi connectivity index (χ1) is 8.22. The molecule has 0 aromatic carbocycles. The molecule has 5 nitrogen and oxygen atoms in total. The van der Waals surface area contributed by atoms with Gasteiger partial charge in [-0.15, -0.1) is 0 Å². The average Bonchev–Trinajstić information content (AvgIpc) is 2.76. The first-order valence-corrected chi connectivity index (χ1v) is 6.23. The maximum Gasteiger partial charge on any atom is 0.326 e. The van der Waals surface area contributed by atoms with Crippen LogP contribution in [0.15, 0.2) is 0 Å². The number of esters is 1. The Kier molecular flexibility index (Phi) is 4.36. The maximum absolute atomic E-state index is 12.0. The zero-order valence-electron chi connectivity index (χ0n) is 10.6. The lowest BCUT2D eigenvalue weighted by Crippen LogP contribution is -2.49. The van der Waals surface area contributed by atoms with Crippen molar-refractivity contribution in [1.82, 2.24) is 4.90 Å². The zero-order valence-corrected chi connectivity index (χ0v) is 10.6. The van der Waals surface area contributed by atoms with Gasteiger partial charge in [0, 0.05) is 13.7 Å². The van der Waals surface area contributed by atoms with Gasteiger partial charge in [0.1, 0.15) is 12.1 Å². The third-order valence-corrected chi connectivity index (χ3v) is 3.63. The van der Waals surface area contributed by atoms with Crippen molar-refractivity contribution in [2.45, 2.75) is 37.5 Å². The van der Waals surface area contributed by atoms with Crippen LogP contribution in [0.5, 0.6) is 0 Å². The molecule has 1 saturated heterocycles. The molecule has 2 aliphatic rings. The van der Waals surface area contributed by atoms with Crippen LogP contribution in [0, 0.1) is 0 Å². The number of hydrogen-bond acceptors (Lipinski definition) is 5. The van der Waals surface area contributed by atoms with E-state index in [-0.39, 0.29) is 24.2 Å². The van der Waals surface area contributed by atoms with E-state index in [9.17, 15) is 4.79 Å². The summed E-state index contributed by atoms with van der Waals surface area (Å²) in [6.45, 7) is 1.89. The van der Waals surface area contributed by atoms with E-state index in [1.165, 1.54) is 0 Å². The smallest absolute Gasteiger partial charge is 0.326 e. The van der Waals surface area contributed by atoms with Crippen molar-refractivity contribution in [3.63, 3.8) is 0 Å². The van der Waals surface area contributed by atoms with Crippen LogP contribution in [0.3, 0.4) is 0 Å². The van der Waals surface area contributed by atoms with Gasteiger partial charge >= 0.3 is 5.97 Å². The molecule has 0 spiro atoms. The third kappa shape index (κ3) is 2.97. The van der Waals surface area contributed by atoms with E-state index in [2.05, 4.69) is 0 Å². The fourth-order valence-electron chi connectivity index (χ4n) is 2.46. The second-order valence-corrected chi connectivity index (χ2v) is 4.75. The van der Waals surface area contributed by atoms with Gasteiger partial charge in [-0.1, -0.05) is 0 Å². The number of morpholine rings is 1. The lowest BCUT2D eigenvalue weighted by molar-refractivity contribution is -0.165. The normalized spacial score (nSPS) is 34.8. The summed E-state index contributed by atoms with van der Waals surface area (Å²) >= 11 is 0. The molecule has 17 heavy (non-hydrogen) atoms. The van der Waals surface area contributed by atoms with Crippen molar-refractivity contribution >= 4 is 5.97 Å². The van der Waals surface area contributed by atoms with E-state index < -0.39 is 0 Å². The van der Waals surface area contributed by atoms with Gasteiger partial charge in [0.05, 0.1) is 19.3 Å². The molecule has 5 heteroatoms. The highest BCUT2D eigenvalue weighted by Gasteiger charge is 2.34. The Bertz CT molecular complexity index is 271. The molecule has 0 radical (unpaired) electrons. The van der Waals surface area contributed by atoms with E-state index in [4.69, 9.17) is 14.2 Å². The molecule has 1 heterocycles. The van der Waals surface area contributed by atoms with Crippen LogP contribution in [-0.2, 0) is 19.0 Å². The van der Waals surface area contributed by atoms with Crippen LogP contribution in [0.1, 0.15) is 19.3 Å². The minimum absolute atomic E-state index is 0.0637. The summed E-state index contributed by atoms with van der Waals surface area (Å²) in [6.07, 6.45) is 2.93. The zero-order chi connectivity index (χ0) is 12.3. The maximum atomic E-state index is 12.0. The van der Waals surface area contributed by atoms with Crippen LogP contribution in [0.25, 0.3) is 0 Å². The Labute approximate surface area is 102 Å². The Morgan fingerprint density at radius 2 is 2.12 bits per heavy atom. The molecule has 0 aromatic heterocycles. The van der Waals surface area contributed by atoms with Crippen molar-refractivity contribution in [1.29, 1.82) is 0 Å². The molecule has 0 bridgehead atoms. The molecule has 2 rings (SSSR count). The average molecular weight is 243 g/mol. The molecule has 0 unspecified atom stereocenters. The Morgan fingerprint density at radius 1 is 1.35 bits per heavy atom. The first kappa shape index (κ1) is 12.8. The highest BCUT2D eigenvalue weighted by Crippen LogP contribution is 2.25. The monoisotopic (exact) mass is 243 g/mol. The Balaban J connectivity index is 1.87. The predicted octanol–water partition coefficient (Wildman–Crippen LogP) is 0.428. The minimum Gasteiger partial charge on any atom is -0.458 e. The fraction of sp³-hybridized carbons (Fsp3) is 0.917. The summed E-state index contributed by atoms with van der Waals surface area (Å²) < 4.78 is 16.2. The molecule has 1 aliphatic carbocycles. The molecule has 0 aromatic rings. The standard InChI is InChI=1S/C12H21NO4/c1-13-6-7-16-8-9(13)12(14)17-11-5-3-4-10(11)15-2/h9-11H,3-8H2,1-2H3/t9-,10+,11-/m0/s1. The molecular weight excluding hydrogens is 222 g/mol. The SMILES string of the molecule is CO[C@@H]1CCC[C@@H]1OC(=O)[C@@H]1COCCN1C. The van der Waals surface area contributed by atoms with Gasteiger partial charge in [-0.25, -0.2) is 0 Å². The number of likely N-dealkylation sites (N-methyl/N-ethyl adjacent to an activating group) is 1. The number of carbonyl (C=O) groups excluding carboxylic acids is 1. The summed E-state index contributed by atoms with van der Waals surface area (Å²) in [6, 6.07) is -0.262. The summed E-state index contributed by atoms with van der Waals surface area (Å²) in [7, 11) is 3.60. The highest BCUT2D eigenvalue weighted by molar-refractivity contribution is 5.76. The Hall–Kier alpha value is -0.650. The van der Waals surface area contributed by atoms with E-state index in [1.54, 1.807) is 7.11 Å². The number of methoxy groups -OCH3 is 1. The topological polar surface area (TPSA) is 48.0 Å². The van der Waals surface area contributed by atoms with E-state index in [0.717, 1.165) is 25.8 Å². The van der Waals surface area contributed by atoms with Crippen LogP contribution in [0.2, 0.25) is 0 Å². The third-order valence-electron chi connectivity index (χ3n) is 3.63. The molecule has 3 atom stereocenters. The summed E-state index contributed by atoms with van der Waals surface area (Å²) in [5.74, 6) is -0.179.